The Morgan fingerprint density at radius 3 is 3.00 bits per heavy atom. The summed E-state index contributed by atoms with van der Waals surface area (Å²) in [5, 5.41) is 9.37. The molecule has 3 aromatic rings. The van der Waals surface area contributed by atoms with Crippen LogP contribution >= 0.6 is 0 Å². The molecular formula is C16H14N6O2. The largest absolute Gasteiger partial charge is 0.465 e. The van der Waals surface area contributed by atoms with Crippen molar-refractivity contribution in [1.29, 1.82) is 0 Å². The van der Waals surface area contributed by atoms with Crippen LogP contribution in [0.5, 0.6) is 0 Å². The van der Waals surface area contributed by atoms with E-state index < -0.39 is 5.97 Å². The van der Waals surface area contributed by atoms with Crippen molar-refractivity contribution in [2.45, 2.75) is 0 Å². The van der Waals surface area contributed by atoms with Crippen LogP contribution in [0.1, 0.15) is 10.4 Å². The van der Waals surface area contributed by atoms with Crippen molar-refractivity contribution >= 4 is 33.5 Å². The van der Waals surface area contributed by atoms with Crippen molar-refractivity contribution in [3.05, 3.63) is 52.7 Å². The van der Waals surface area contributed by atoms with Crippen molar-refractivity contribution in [3.8, 4) is 0 Å². The van der Waals surface area contributed by atoms with Crippen LogP contribution in [0.4, 0.5) is 5.82 Å². The number of pyridine rings is 2. The monoisotopic (exact) mass is 322 g/mol. The minimum absolute atomic E-state index is 0.311. The molecular weight excluding hydrogens is 308 g/mol. The minimum Gasteiger partial charge on any atom is -0.465 e. The van der Waals surface area contributed by atoms with Gasteiger partial charge in [0.25, 0.3) is 0 Å². The average molecular weight is 322 g/mol. The van der Waals surface area contributed by atoms with E-state index in [1.807, 2.05) is 12.1 Å². The molecule has 2 heterocycles. The van der Waals surface area contributed by atoms with Crippen LogP contribution in [0.3, 0.4) is 0 Å². The van der Waals surface area contributed by atoms with Gasteiger partial charge in [0.15, 0.2) is 0 Å². The van der Waals surface area contributed by atoms with Crippen molar-refractivity contribution in [3.63, 3.8) is 0 Å². The first kappa shape index (κ1) is 15.5. The number of nitrogens with one attached hydrogen (secondary N) is 1. The Kier molecular flexibility index (Phi) is 4.40. The first-order valence-corrected chi connectivity index (χ1v) is 7.25. The predicted octanol–water partition coefficient (Wildman–Crippen LogP) is 3.29. The Hall–Kier alpha value is -3.38. The lowest BCUT2D eigenvalue weighted by Crippen LogP contribution is -2.07. The van der Waals surface area contributed by atoms with Gasteiger partial charge in [-0.3, -0.25) is 4.98 Å². The van der Waals surface area contributed by atoms with Gasteiger partial charge in [0.1, 0.15) is 5.82 Å². The summed E-state index contributed by atoms with van der Waals surface area (Å²) in [5.41, 5.74) is 9.43. The lowest BCUT2D eigenvalue weighted by atomic mass is 10.1. The Morgan fingerprint density at radius 2 is 2.21 bits per heavy atom. The van der Waals surface area contributed by atoms with Gasteiger partial charge in [-0.1, -0.05) is 11.2 Å². The molecule has 24 heavy (non-hydrogen) atoms. The van der Waals surface area contributed by atoms with Crippen LogP contribution in [0.25, 0.3) is 32.1 Å². The van der Waals surface area contributed by atoms with Crippen LogP contribution < -0.4 is 5.32 Å². The number of aromatic nitrogens is 2. The smallest absolute Gasteiger partial charge is 0.337 e. The van der Waals surface area contributed by atoms with Gasteiger partial charge in [0.05, 0.1) is 18.2 Å². The second-order valence-corrected chi connectivity index (χ2v) is 4.99. The number of ether oxygens (including phenoxy) is 1. The van der Waals surface area contributed by atoms with E-state index in [-0.39, 0.29) is 0 Å². The molecule has 2 aromatic heterocycles. The third-order valence-corrected chi connectivity index (χ3v) is 3.58. The van der Waals surface area contributed by atoms with Crippen LogP contribution in [-0.4, -0.2) is 36.1 Å². The van der Waals surface area contributed by atoms with Crippen LogP contribution in [-0.2, 0) is 4.74 Å². The Bertz CT molecular complexity index is 965. The summed E-state index contributed by atoms with van der Waals surface area (Å²) in [5.74, 6) is 0.234. The number of fused-ring (bicyclic) bond motifs is 3. The lowest BCUT2D eigenvalue weighted by molar-refractivity contribution is 0.0601. The number of benzene rings is 1. The molecule has 0 bridgehead atoms. The fourth-order valence-corrected chi connectivity index (χ4v) is 2.50. The van der Waals surface area contributed by atoms with Crippen LogP contribution in [0.2, 0.25) is 0 Å². The van der Waals surface area contributed by atoms with E-state index in [0.717, 1.165) is 16.2 Å². The molecule has 0 atom stereocenters. The number of esters is 1. The van der Waals surface area contributed by atoms with E-state index in [9.17, 15) is 4.79 Å². The van der Waals surface area contributed by atoms with E-state index in [1.165, 1.54) is 7.11 Å². The molecule has 120 valence electrons. The predicted molar refractivity (Wildman–Crippen MR) is 90.9 cm³/mol. The molecule has 8 nitrogen and oxygen atoms in total. The second kappa shape index (κ2) is 6.80. The average Bonchev–Trinajstić information content (AvgIpc) is 2.64. The zero-order chi connectivity index (χ0) is 16.9. The minimum atomic E-state index is -0.414. The summed E-state index contributed by atoms with van der Waals surface area (Å²) in [6.45, 7) is 0.766. The molecule has 0 fully saturated rings. The van der Waals surface area contributed by atoms with Gasteiger partial charge in [-0.05, 0) is 23.7 Å². The van der Waals surface area contributed by atoms with E-state index in [1.54, 1.807) is 24.5 Å². The van der Waals surface area contributed by atoms with E-state index in [4.69, 9.17) is 10.3 Å². The topological polar surface area (TPSA) is 113 Å². The molecule has 0 amide bonds. The first-order chi connectivity index (χ1) is 11.7. The highest BCUT2D eigenvalue weighted by Gasteiger charge is 2.11. The Labute approximate surface area is 137 Å². The third-order valence-electron chi connectivity index (χ3n) is 3.58. The molecule has 0 aliphatic rings. The molecule has 0 aliphatic heterocycles. The van der Waals surface area contributed by atoms with E-state index in [2.05, 4.69) is 25.3 Å². The highest BCUT2D eigenvalue weighted by atomic mass is 16.5. The van der Waals surface area contributed by atoms with Gasteiger partial charge in [0.2, 0.25) is 0 Å². The molecule has 1 N–H and O–H groups in total. The molecule has 1 aromatic carbocycles. The van der Waals surface area contributed by atoms with Gasteiger partial charge in [0, 0.05) is 46.6 Å². The Morgan fingerprint density at radius 1 is 1.33 bits per heavy atom. The summed E-state index contributed by atoms with van der Waals surface area (Å²) < 4.78 is 4.75. The molecule has 0 unspecified atom stereocenters. The van der Waals surface area contributed by atoms with Crippen molar-refractivity contribution in [2.75, 3.05) is 25.5 Å². The fourth-order valence-electron chi connectivity index (χ4n) is 2.50. The normalized spacial score (nSPS) is 10.4. The summed E-state index contributed by atoms with van der Waals surface area (Å²) in [7, 11) is 1.34. The molecule has 0 radical (unpaired) electrons. The van der Waals surface area contributed by atoms with Crippen molar-refractivity contribution < 1.29 is 9.53 Å². The number of anilines is 1. The molecule has 0 saturated carbocycles. The highest BCUT2D eigenvalue weighted by Crippen LogP contribution is 2.29. The fraction of sp³-hybridized carbons (Fsp3) is 0.188. The van der Waals surface area contributed by atoms with Gasteiger partial charge in [-0.25, -0.2) is 9.78 Å². The van der Waals surface area contributed by atoms with Gasteiger partial charge in [-0.15, -0.1) is 0 Å². The van der Waals surface area contributed by atoms with E-state index >= 15 is 0 Å². The zero-order valence-corrected chi connectivity index (χ0v) is 12.9. The molecule has 3 rings (SSSR count). The number of hydrogen-bond acceptors (Lipinski definition) is 6. The number of hydrogen-bond donors (Lipinski definition) is 1. The maximum Gasteiger partial charge on any atom is 0.337 e. The number of nitrogens with zero attached hydrogens (tertiary/aromatic N) is 5. The van der Waals surface area contributed by atoms with Crippen molar-refractivity contribution in [2.24, 2.45) is 5.11 Å². The number of rotatable bonds is 5. The number of azide groups is 1. The zero-order valence-electron chi connectivity index (χ0n) is 12.9. The SMILES string of the molecule is COC(=O)c1ccc2c(c1)nc(NCCN=[N+]=[N-])c1ccncc12. The van der Waals surface area contributed by atoms with E-state index in [0.29, 0.717) is 30.0 Å². The number of carbonyl (C=O) groups is 1. The number of methoxy groups -OCH3 is 1. The lowest BCUT2D eigenvalue weighted by Gasteiger charge is -2.11. The summed E-state index contributed by atoms with van der Waals surface area (Å²) in [4.78, 5) is 23.2. The maximum absolute atomic E-state index is 11.7. The van der Waals surface area contributed by atoms with Crippen molar-refractivity contribution in [1.82, 2.24) is 9.97 Å². The number of carbonyl (C=O) groups excluding carboxylic acids is 1. The van der Waals surface area contributed by atoms with Gasteiger partial charge < -0.3 is 10.1 Å². The highest BCUT2D eigenvalue weighted by molar-refractivity contribution is 6.10. The first-order valence-electron chi connectivity index (χ1n) is 7.25. The molecule has 0 aliphatic carbocycles. The summed E-state index contributed by atoms with van der Waals surface area (Å²) in [6.07, 6.45) is 3.45. The van der Waals surface area contributed by atoms with Crippen LogP contribution in [0.15, 0.2) is 41.8 Å². The van der Waals surface area contributed by atoms with Crippen LogP contribution in [0, 0.1) is 0 Å². The van der Waals surface area contributed by atoms with Gasteiger partial charge in [-0.2, -0.15) is 0 Å². The standard InChI is InChI=1S/C16H14N6O2/c1-24-16(23)10-2-3-11-13-9-18-5-4-12(13)15(21-14(11)8-10)19-6-7-20-22-17/h2-5,8-9H,6-7H2,1H3,(H,19,21). The molecule has 0 saturated heterocycles. The summed E-state index contributed by atoms with van der Waals surface area (Å²) in [6, 6.07) is 7.09. The summed E-state index contributed by atoms with van der Waals surface area (Å²) >= 11 is 0. The Balaban J connectivity index is 2.13. The van der Waals surface area contributed by atoms with Gasteiger partial charge >= 0.3 is 5.97 Å². The third kappa shape index (κ3) is 2.90. The maximum atomic E-state index is 11.7. The molecule has 8 heteroatoms. The second-order valence-electron chi connectivity index (χ2n) is 4.99. The molecule has 0 spiro atoms. The quantitative estimate of drug-likeness (QED) is 0.193.